The van der Waals surface area contributed by atoms with Gasteiger partial charge in [0.25, 0.3) is 5.91 Å². The SMILES string of the molecule is Cc1cccc(CN2C(=O)[C@]3(SCCN3C(=O)Nc3ccccc3)c3ccccc32)c1. The Morgan fingerprint density at radius 2 is 1.81 bits per heavy atom. The van der Waals surface area contributed by atoms with Crippen LogP contribution < -0.4 is 10.2 Å². The van der Waals surface area contributed by atoms with Gasteiger partial charge in [-0.25, -0.2) is 4.79 Å². The van der Waals surface area contributed by atoms with Gasteiger partial charge in [-0.3, -0.25) is 9.69 Å². The molecule has 0 aliphatic carbocycles. The Balaban J connectivity index is 1.52. The van der Waals surface area contributed by atoms with E-state index in [-0.39, 0.29) is 11.9 Å². The quantitative estimate of drug-likeness (QED) is 0.639. The average molecular weight is 430 g/mol. The number of amides is 3. The van der Waals surface area contributed by atoms with Gasteiger partial charge in [0, 0.05) is 23.5 Å². The third-order valence-electron chi connectivity index (χ3n) is 5.79. The summed E-state index contributed by atoms with van der Waals surface area (Å²) in [5.74, 6) is 0.654. The van der Waals surface area contributed by atoms with Crippen LogP contribution in [0.25, 0.3) is 0 Å². The van der Waals surface area contributed by atoms with Crippen LogP contribution in [0.1, 0.15) is 16.7 Å². The molecule has 2 heterocycles. The fourth-order valence-corrected chi connectivity index (χ4v) is 5.89. The van der Waals surface area contributed by atoms with Crippen LogP contribution in [-0.2, 0) is 16.2 Å². The highest BCUT2D eigenvalue weighted by atomic mass is 32.2. The summed E-state index contributed by atoms with van der Waals surface area (Å²) in [6, 6.07) is 25.1. The molecule has 5 nitrogen and oxygen atoms in total. The maximum Gasteiger partial charge on any atom is 0.323 e. The second-order valence-corrected chi connectivity index (χ2v) is 9.13. The Labute approximate surface area is 186 Å². The summed E-state index contributed by atoms with van der Waals surface area (Å²) in [7, 11) is 0. The zero-order valence-corrected chi connectivity index (χ0v) is 18.1. The number of urea groups is 1. The van der Waals surface area contributed by atoms with Crippen molar-refractivity contribution >= 4 is 35.1 Å². The van der Waals surface area contributed by atoms with Crippen molar-refractivity contribution in [3.63, 3.8) is 0 Å². The lowest BCUT2D eigenvalue weighted by Crippen LogP contribution is -2.51. The lowest BCUT2D eigenvalue weighted by Gasteiger charge is -2.33. The van der Waals surface area contributed by atoms with E-state index in [1.807, 2.05) is 84.6 Å². The maximum atomic E-state index is 13.9. The van der Waals surface area contributed by atoms with Gasteiger partial charge >= 0.3 is 6.03 Å². The summed E-state index contributed by atoms with van der Waals surface area (Å²) in [5, 5.41) is 2.96. The molecular weight excluding hydrogens is 406 g/mol. The molecule has 1 fully saturated rings. The van der Waals surface area contributed by atoms with Crippen molar-refractivity contribution in [1.82, 2.24) is 4.90 Å². The first-order valence-corrected chi connectivity index (χ1v) is 11.3. The van der Waals surface area contributed by atoms with Crippen LogP contribution in [-0.4, -0.2) is 29.1 Å². The Bertz CT molecular complexity index is 1150. The van der Waals surface area contributed by atoms with Crippen LogP contribution in [0, 0.1) is 6.92 Å². The van der Waals surface area contributed by atoms with Crippen molar-refractivity contribution < 1.29 is 9.59 Å². The number of thioether (sulfide) groups is 1. The molecule has 3 aromatic rings. The van der Waals surface area contributed by atoms with E-state index in [1.165, 1.54) is 0 Å². The van der Waals surface area contributed by atoms with Gasteiger partial charge in [-0.15, -0.1) is 11.8 Å². The number of nitrogens with one attached hydrogen (secondary N) is 1. The fraction of sp³-hybridized carbons (Fsp3) is 0.200. The van der Waals surface area contributed by atoms with Gasteiger partial charge in [0.2, 0.25) is 0 Å². The molecule has 1 spiro atoms. The van der Waals surface area contributed by atoms with Crippen molar-refractivity contribution in [1.29, 1.82) is 0 Å². The van der Waals surface area contributed by atoms with Crippen LogP contribution in [0.3, 0.4) is 0 Å². The first-order chi connectivity index (χ1) is 15.1. The van der Waals surface area contributed by atoms with Gasteiger partial charge in [-0.2, -0.15) is 0 Å². The molecule has 156 valence electrons. The van der Waals surface area contributed by atoms with Crippen molar-refractivity contribution in [3.8, 4) is 0 Å². The van der Waals surface area contributed by atoms with Crippen molar-refractivity contribution in [2.75, 3.05) is 22.5 Å². The summed E-state index contributed by atoms with van der Waals surface area (Å²) in [6.07, 6.45) is 0. The topological polar surface area (TPSA) is 52.7 Å². The number of benzene rings is 3. The highest BCUT2D eigenvalue weighted by molar-refractivity contribution is 8.01. The number of fused-ring (bicyclic) bond motifs is 2. The van der Waals surface area contributed by atoms with E-state index in [1.54, 1.807) is 16.7 Å². The largest absolute Gasteiger partial charge is 0.323 e. The minimum Gasteiger partial charge on any atom is -0.308 e. The van der Waals surface area contributed by atoms with Crippen LogP contribution in [0.4, 0.5) is 16.2 Å². The normalized spacial score (nSPS) is 19.7. The summed E-state index contributed by atoms with van der Waals surface area (Å²) < 4.78 is 0. The molecule has 3 aromatic carbocycles. The summed E-state index contributed by atoms with van der Waals surface area (Å²) in [4.78, 5) is 29.7. The lowest BCUT2D eigenvalue weighted by atomic mass is 10.1. The number of aryl methyl sites for hydroxylation is 1. The molecule has 0 saturated carbocycles. The number of hydrogen-bond acceptors (Lipinski definition) is 3. The predicted octanol–water partition coefficient (Wildman–Crippen LogP) is 4.98. The predicted molar refractivity (Wildman–Crippen MR) is 125 cm³/mol. The first-order valence-electron chi connectivity index (χ1n) is 10.3. The van der Waals surface area contributed by atoms with Gasteiger partial charge < -0.3 is 10.2 Å². The van der Waals surface area contributed by atoms with E-state index in [4.69, 9.17) is 0 Å². The summed E-state index contributed by atoms with van der Waals surface area (Å²) >= 11 is 1.54. The molecule has 0 unspecified atom stereocenters. The molecule has 0 aromatic heterocycles. The standard InChI is InChI=1S/C25H23N3O2S/c1-18-8-7-9-19(16-18)17-27-22-13-6-5-12-21(22)25(23(27)29)28(14-15-31-25)24(30)26-20-10-3-2-4-11-20/h2-13,16H,14-15,17H2,1H3,(H,26,30)/t25-/m1/s1. The van der Waals surface area contributed by atoms with Crippen LogP contribution in [0.15, 0.2) is 78.9 Å². The molecule has 5 rings (SSSR count). The minimum atomic E-state index is -1.03. The number of rotatable bonds is 3. The van der Waals surface area contributed by atoms with Gasteiger partial charge in [0.15, 0.2) is 4.87 Å². The molecule has 6 heteroatoms. The van der Waals surface area contributed by atoms with Gasteiger partial charge in [0.05, 0.1) is 12.2 Å². The monoisotopic (exact) mass is 429 g/mol. The second kappa shape index (κ2) is 7.78. The van der Waals surface area contributed by atoms with Crippen LogP contribution in [0.2, 0.25) is 0 Å². The molecule has 0 radical (unpaired) electrons. The van der Waals surface area contributed by atoms with E-state index >= 15 is 0 Å². The van der Waals surface area contributed by atoms with Gasteiger partial charge in [0.1, 0.15) is 0 Å². The minimum absolute atomic E-state index is 0.0547. The molecule has 2 aliphatic heterocycles. The number of para-hydroxylation sites is 2. The van der Waals surface area contributed by atoms with Crippen molar-refractivity contribution in [3.05, 3.63) is 95.6 Å². The number of hydrogen-bond donors (Lipinski definition) is 1. The molecular formula is C25H23N3O2S. The number of carbonyl (C=O) groups is 2. The number of carbonyl (C=O) groups excluding carboxylic acids is 2. The highest BCUT2D eigenvalue weighted by Gasteiger charge is 2.59. The van der Waals surface area contributed by atoms with Crippen molar-refractivity contribution in [2.24, 2.45) is 0 Å². The molecule has 0 bridgehead atoms. The zero-order valence-electron chi connectivity index (χ0n) is 17.2. The Hall–Kier alpha value is -3.25. The second-order valence-electron chi connectivity index (χ2n) is 7.84. The molecule has 1 saturated heterocycles. The zero-order chi connectivity index (χ0) is 21.4. The summed E-state index contributed by atoms with van der Waals surface area (Å²) in [5.41, 5.74) is 4.71. The Morgan fingerprint density at radius 3 is 2.61 bits per heavy atom. The smallest absolute Gasteiger partial charge is 0.308 e. The number of anilines is 2. The van der Waals surface area contributed by atoms with E-state index in [0.717, 1.165) is 28.1 Å². The van der Waals surface area contributed by atoms with E-state index in [2.05, 4.69) is 11.4 Å². The lowest BCUT2D eigenvalue weighted by molar-refractivity contribution is -0.123. The third-order valence-corrected chi connectivity index (χ3v) is 7.21. The van der Waals surface area contributed by atoms with E-state index < -0.39 is 4.87 Å². The van der Waals surface area contributed by atoms with Crippen LogP contribution in [0.5, 0.6) is 0 Å². The van der Waals surface area contributed by atoms with Crippen molar-refractivity contribution in [2.45, 2.75) is 18.3 Å². The van der Waals surface area contributed by atoms with E-state index in [9.17, 15) is 9.59 Å². The van der Waals surface area contributed by atoms with Gasteiger partial charge in [-0.05, 0) is 30.7 Å². The molecule has 1 N–H and O–H groups in total. The third kappa shape index (κ3) is 3.27. The Kier molecular flexibility index (Phi) is 4.94. The molecule has 1 atom stereocenters. The van der Waals surface area contributed by atoms with Gasteiger partial charge in [-0.1, -0.05) is 66.2 Å². The maximum absolute atomic E-state index is 13.9. The number of nitrogens with zero attached hydrogens (tertiary/aromatic N) is 2. The molecule has 2 aliphatic rings. The van der Waals surface area contributed by atoms with E-state index in [0.29, 0.717) is 18.8 Å². The summed E-state index contributed by atoms with van der Waals surface area (Å²) in [6.45, 7) is 3.04. The Morgan fingerprint density at radius 1 is 1.03 bits per heavy atom. The average Bonchev–Trinajstić information content (AvgIpc) is 3.32. The molecule has 31 heavy (non-hydrogen) atoms. The molecule has 3 amide bonds. The highest BCUT2D eigenvalue weighted by Crippen LogP contribution is 2.54. The fourth-order valence-electron chi connectivity index (χ4n) is 4.43. The first kappa shape index (κ1) is 19.7. The van der Waals surface area contributed by atoms with Crippen LogP contribution >= 0.6 is 11.8 Å².